The second-order valence-electron chi connectivity index (χ2n) is 8.24. The van der Waals surface area contributed by atoms with Crippen LogP contribution in [0.4, 0.5) is 0 Å². The monoisotopic (exact) mass is 515 g/mol. The van der Waals surface area contributed by atoms with Crippen LogP contribution >= 0.6 is 11.6 Å². The van der Waals surface area contributed by atoms with Crippen molar-refractivity contribution in [3.05, 3.63) is 101 Å². The van der Waals surface area contributed by atoms with Gasteiger partial charge in [-0.3, -0.25) is 14.0 Å². The number of aromatic nitrogens is 7. The summed E-state index contributed by atoms with van der Waals surface area (Å²) in [6.45, 7) is 0.313. The number of halogens is 1. The van der Waals surface area contributed by atoms with E-state index in [-0.39, 0.29) is 11.6 Å². The molecule has 11 nitrogen and oxygen atoms in total. The molecule has 0 saturated heterocycles. The largest absolute Gasteiger partial charge is 0.354 e. The average molecular weight is 516 g/mol. The Morgan fingerprint density at radius 3 is 2.73 bits per heavy atom. The molecular formula is C25H22ClN9O2. The highest BCUT2D eigenvalue weighted by molar-refractivity contribution is 6.30. The molecule has 0 fully saturated rings. The Labute approximate surface area is 216 Å². The summed E-state index contributed by atoms with van der Waals surface area (Å²) >= 11 is 6.20. The second-order valence-corrected chi connectivity index (χ2v) is 8.67. The van der Waals surface area contributed by atoms with E-state index in [1.165, 1.54) is 11.0 Å². The van der Waals surface area contributed by atoms with E-state index in [9.17, 15) is 9.59 Å². The number of carbonyl (C=O) groups is 2. The average Bonchev–Trinajstić information content (AvgIpc) is 3.59. The first kappa shape index (κ1) is 24.1. The summed E-state index contributed by atoms with van der Waals surface area (Å²) in [6.07, 6.45) is 7.21. The molecule has 3 aromatic heterocycles. The van der Waals surface area contributed by atoms with Crippen molar-refractivity contribution < 1.29 is 9.59 Å². The number of tetrazole rings is 1. The topological polar surface area (TPSA) is 132 Å². The molecule has 1 atom stereocenters. The normalized spacial score (nSPS) is 11.8. The van der Waals surface area contributed by atoms with Gasteiger partial charge in [0.15, 0.2) is 0 Å². The molecule has 5 rings (SSSR count). The number of benzene rings is 2. The van der Waals surface area contributed by atoms with Gasteiger partial charge in [0.1, 0.15) is 18.1 Å². The predicted molar refractivity (Wildman–Crippen MR) is 135 cm³/mol. The molecule has 5 aromatic rings. The lowest BCUT2D eigenvalue weighted by Gasteiger charge is -2.18. The minimum atomic E-state index is -0.814. The van der Waals surface area contributed by atoms with Crippen molar-refractivity contribution in [3.8, 4) is 5.69 Å². The summed E-state index contributed by atoms with van der Waals surface area (Å²) in [4.78, 5) is 34.6. The Balaban J connectivity index is 1.29. The van der Waals surface area contributed by atoms with Gasteiger partial charge in [-0.25, -0.2) is 14.6 Å². The van der Waals surface area contributed by atoms with Crippen LogP contribution in [-0.2, 0) is 17.6 Å². The highest BCUT2D eigenvalue weighted by Gasteiger charge is 2.23. The summed E-state index contributed by atoms with van der Waals surface area (Å²) in [5.41, 5.74) is 2.71. The minimum absolute atomic E-state index is 0.176. The number of nitrogens with zero attached hydrogens (tertiary/aromatic N) is 7. The van der Waals surface area contributed by atoms with Gasteiger partial charge in [-0.15, -0.1) is 5.10 Å². The third-order valence-electron chi connectivity index (χ3n) is 5.70. The van der Waals surface area contributed by atoms with Crippen LogP contribution in [0.2, 0.25) is 5.02 Å². The number of imidazole rings is 1. The van der Waals surface area contributed by atoms with E-state index in [2.05, 4.69) is 36.1 Å². The maximum absolute atomic E-state index is 13.2. The molecule has 0 radical (unpaired) electrons. The molecule has 0 unspecified atom stereocenters. The van der Waals surface area contributed by atoms with Crippen LogP contribution in [0.1, 0.15) is 21.6 Å². The molecule has 3 heterocycles. The van der Waals surface area contributed by atoms with Gasteiger partial charge in [0.25, 0.3) is 5.91 Å². The van der Waals surface area contributed by atoms with Crippen LogP contribution in [0.5, 0.6) is 0 Å². The number of nitrogens with one attached hydrogen (secondary N) is 2. The Morgan fingerprint density at radius 1 is 1.08 bits per heavy atom. The smallest absolute Gasteiger partial charge is 0.272 e. The fourth-order valence-corrected chi connectivity index (χ4v) is 4.12. The Bertz CT molecular complexity index is 1490. The highest BCUT2D eigenvalue weighted by atomic mass is 35.5. The van der Waals surface area contributed by atoms with E-state index in [0.717, 1.165) is 16.8 Å². The number of hydrogen-bond donors (Lipinski definition) is 2. The number of fused-ring (bicyclic) bond motifs is 1. The number of hydrogen-bond acceptors (Lipinski definition) is 7. The molecule has 2 amide bonds. The molecule has 2 aromatic carbocycles. The summed E-state index contributed by atoms with van der Waals surface area (Å²) in [6, 6.07) is 15.8. The maximum Gasteiger partial charge on any atom is 0.272 e. The third-order valence-corrected chi connectivity index (χ3v) is 5.94. The standard InChI is InChI=1S/C25H22ClN9O2/c26-19-7-8-22(35-16-29-32-33-35)18(14-19)9-11-27-23(36)20(13-17-5-2-1-3-6-17)30-24(37)21-15-34-12-4-10-28-25(34)31-21/h1-8,10,12,14-16,20H,9,11,13H2,(H,27,36)(H,30,37)/t20-/m0/s1. The van der Waals surface area contributed by atoms with Gasteiger partial charge >= 0.3 is 0 Å². The van der Waals surface area contributed by atoms with Crippen LogP contribution in [0, 0.1) is 0 Å². The third kappa shape index (κ3) is 5.78. The first-order valence-corrected chi connectivity index (χ1v) is 11.9. The van der Waals surface area contributed by atoms with Crippen molar-refractivity contribution >= 4 is 29.2 Å². The van der Waals surface area contributed by atoms with Crippen molar-refractivity contribution in [2.75, 3.05) is 6.54 Å². The summed E-state index contributed by atoms with van der Waals surface area (Å²) < 4.78 is 3.18. The Morgan fingerprint density at radius 2 is 1.95 bits per heavy atom. The molecule has 0 spiro atoms. The van der Waals surface area contributed by atoms with Crippen molar-refractivity contribution in [3.63, 3.8) is 0 Å². The van der Waals surface area contributed by atoms with Gasteiger partial charge in [-0.1, -0.05) is 41.9 Å². The van der Waals surface area contributed by atoms with Gasteiger partial charge in [-0.2, -0.15) is 0 Å². The van der Waals surface area contributed by atoms with Gasteiger partial charge in [0.2, 0.25) is 11.7 Å². The SMILES string of the molecule is O=C(N[C@@H](Cc1ccccc1)C(=O)NCCc1cc(Cl)ccc1-n1cnnn1)c1cn2cccnc2n1. The van der Waals surface area contributed by atoms with Crippen LogP contribution < -0.4 is 10.6 Å². The minimum Gasteiger partial charge on any atom is -0.354 e. The van der Waals surface area contributed by atoms with E-state index < -0.39 is 11.9 Å². The van der Waals surface area contributed by atoms with Crippen molar-refractivity contribution in [1.29, 1.82) is 0 Å². The molecule has 0 aliphatic rings. The van der Waals surface area contributed by atoms with Crippen molar-refractivity contribution in [1.82, 2.24) is 45.2 Å². The number of amides is 2. The summed E-state index contributed by atoms with van der Waals surface area (Å²) in [5, 5.41) is 17.6. The lowest BCUT2D eigenvalue weighted by Crippen LogP contribution is -2.48. The zero-order chi connectivity index (χ0) is 25.6. The molecule has 0 aliphatic carbocycles. The summed E-state index contributed by atoms with van der Waals surface area (Å²) in [7, 11) is 0. The van der Waals surface area contributed by atoms with Gasteiger partial charge in [0.05, 0.1) is 5.69 Å². The van der Waals surface area contributed by atoms with Gasteiger partial charge < -0.3 is 10.6 Å². The lowest BCUT2D eigenvalue weighted by atomic mass is 10.0. The van der Waals surface area contributed by atoms with Crippen molar-refractivity contribution in [2.45, 2.75) is 18.9 Å². The number of rotatable bonds is 9. The van der Waals surface area contributed by atoms with Crippen LogP contribution in [0.3, 0.4) is 0 Å². The molecule has 0 saturated carbocycles. The van der Waals surface area contributed by atoms with E-state index in [1.807, 2.05) is 42.5 Å². The Kier molecular flexibility index (Phi) is 7.13. The fraction of sp³-hybridized carbons (Fsp3) is 0.160. The second kappa shape index (κ2) is 11.0. The van der Waals surface area contributed by atoms with Crippen LogP contribution in [0.15, 0.2) is 79.5 Å². The molecule has 186 valence electrons. The van der Waals surface area contributed by atoms with E-state index in [1.54, 1.807) is 35.1 Å². The summed E-state index contributed by atoms with van der Waals surface area (Å²) in [5.74, 6) is -0.376. The first-order valence-electron chi connectivity index (χ1n) is 11.5. The van der Waals surface area contributed by atoms with Gasteiger partial charge in [0, 0.05) is 36.6 Å². The molecule has 2 N–H and O–H groups in total. The zero-order valence-electron chi connectivity index (χ0n) is 19.5. The molecule has 37 heavy (non-hydrogen) atoms. The number of carbonyl (C=O) groups excluding carboxylic acids is 2. The lowest BCUT2D eigenvalue weighted by molar-refractivity contribution is -0.122. The molecular weight excluding hydrogens is 494 g/mol. The van der Waals surface area contributed by atoms with Crippen molar-refractivity contribution in [2.24, 2.45) is 0 Å². The van der Waals surface area contributed by atoms with Crippen LogP contribution in [0.25, 0.3) is 11.5 Å². The maximum atomic E-state index is 13.2. The molecule has 0 aliphatic heterocycles. The van der Waals surface area contributed by atoms with Crippen LogP contribution in [-0.4, -0.2) is 59.0 Å². The molecule has 0 bridgehead atoms. The van der Waals surface area contributed by atoms with E-state index >= 15 is 0 Å². The quantitative estimate of drug-likeness (QED) is 0.307. The zero-order valence-corrected chi connectivity index (χ0v) is 20.3. The Hall–Kier alpha value is -4.64. The van der Waals surface area contributed by atoms with E-state index in [4.69, 9.17) is 11.6 Å². The first-order chi connectivity index (χ1) is 18.1. The molecule has 12 heteroatoms. The predicted octanol–water partition coefficient (Wildman–Crippen LogP) is 2.06. The van der Waals surface area contributed by atoms with E-state index in [0.29, 0.717) is 30.2 Å². The highest BCUT2D eigenvalue weighted by Crippen LogP contribution is 2.19. The fourth-order valence-electron chi connectivity index (χ4n) is 3.92. The van der Waals surface area contributed by atoms with Gasteiger partial charge in [-0.05, 0) is 52.2 Å².